The summed E-state index contributed by atoms with van der Waals surface area (Å²) in [5, 5.41) is 3.49. The molecule has 1 N–H and O–H groups in total. The topological polar surface area (TPSA) is 21.3 Å². The van der Waals surface area contributed by atoms with Gasteiger partial charge in [-0.1, -0.05) is 37.8 Å². The SMILES string of the molecule is CCCCCC/C=C(/C)CC1COCCN1. The fourth-order valence-electron chi connectivity index (χ4n) is 2.14. The Hall–Kier alpha value is -0.340. The smallest absolute Gasteiger partial charge is 0.0623 e. The molecule has 1 atom stereocenters. The van der Waals surface area contributed by atoms with E-state index in [-0.39, 0.29) is 0 Å². The minimum Gasteiger partial charge on any atom is -0.379 e. The lowest BCUT2D eigenvalue weighted by Crippen LogP contribution is -2.41. The van der Waals surface area contributed by atoms with Crippen LogP contribution in [-0.4, -0.2) is 25.8 Å². The van der Waals surface area contributed by atoms with E-state index in [0.717, 1.165) is 26.2 Å². The number of unbranched alkanes of at least 4 members (excludes halogenated alkanes) is 4. The van der Waals surface area contributed by atoms with E-state index < -0.39 is 0 Å². The molecule has 0 radical (unpaired) electrons. The number of rotatable bonds is 7. The lowest BCUT2D eigenvalue weighted by molar-refractivity contribution is 0.0770. The van der Waals surface area contributed by atoms with Crippen molar-refractivity contribution in [3.05, 3.63) is 11.6 Å². The highest BCUT2D eigenvalue weighted by molar-refractivity contribution is 5.01. The van der Waals surface area contributed by atoms with Crippen LogP contribution < -0.4 is 5.32 Å². The van der Waals surface area contributed by atoms with Crippen molar-refractivity contribution in [2.45, 2.75) is 58.4 Å². The standard InChI is InChI=1S/C14H27NO/c1-3-4-5-6-7-8-13(2)11-14-12-16-10-9-15-14/h8,14-15H,3-7,9-12H2,1-2H3/b13-8-. The molecule has 0 amide bonds. The van der Waals surface area contributed by atoms with Gasteiger partial charge >= 0.3 is 0 Å². The van der Waals surface area contributed by atoms with Gasteiger partial charge in [-0.2, -0.15) is 0 Å². The summed E-state index contributed by atoms with van der Waals surface area (Å²) >= 11 is 0. The average molecular weight is 225 g/mol. The van der Waals surface area contributed by atoms with Gasteiger partial charge in [-0.25, -0.2) is 0 Å². The van der Waals surface area contributed by atoms with Crippen LogP contribution in [0.1, 0.15) is 52.4 Å². The van der Waals surface area contributed by atoms with Gasteiger partial charge < -0.3 is 10.1 Å². The number of nitrogens with one attached hydrogen (secondary N) is 1. The fraction of sp³-hybridized carbons (Fsp3) is 0.857. The summed E-state index contributed by atoms with van der Waals surface area (Å²) in [7, 11) is 0. The second-order valence-corrected chi connectivity index (χ2v) is 4.83. The Morgan fingerprint density at radius 1 is 1.38 bits per heavy atom. The van der Waals surface area contributed by atoms with Gasteiger partial charge in [0.1, 0.15) is 0 Å². The van der Waals surface area contributed by atoms with Crippen molar-refractivity contribution < 1.29 is 4.74 Å². The summed E-state index contributed by atoms with van der Waals surface area (Å²) in [5.74, 6) is 0. The summed E-state index contributed by atoms with van der Waals surface area (Å²) in [6.07, 6.45) is 10.2. The Kier molecular flexibility index (Phi) is 7.52. The van der Waals surface area contributed by atoms with Gasteiger partial charge in [-0.3, -0.25) is 0 Å². The Bertz CT molecular complexity index is 195. The van der Waals surface area contributed by atoms with Crippen LogP contribution in [0, 0.1) is 0 Å². The molecule has 1 unspecified atom stereocenters. The third-order valence-electron chi connectivity index (χ3n) is 3.12. The molecule has 0 aromatic rings. The van der Waals surface area contributed by atoms with Gasteiger partial charge in [0.15, 0.2) is 0 Å². The van der Waals surface area contributed by atoms with Crippen LogP contribution in [-0.2, 0) is 4.74 Å². The van der Waals surface area contributed by atoms with Crippen molar-refractivity contribution in [3.63, 3.8) is 0 Å². The van der Waals surface area contributed by atoms with E-state index >= 15 is 0 Å². The van der Waals surface area contributed by atoms with Crippen LogP contribution in [0.3, 0.4) is 0 Å². The third-order valence-corrected chi connectivity index (χ3v) is 3.12. The lowest BCUT2D eigenvalue weighted by Gasteiger charge is -2.24. The van der Waals surface area contributed by atoms with Crippen molar-refractivity contribution >= 4 is 0 Å². The molecule has 0 bridgehead atoms. The monoisotopic (exact) mass is 225 g/mol. The molecule has 2 heteroatoms. The van der Waals surface area contributed by atoms with E-state index in [9.17, 15) is 0 Å². The zero-order valence-corrected chi connectivity index (χ0v) is 10.9. The molecule has 0 spiro atoms. The van der Waals surface area contributed by atoms with Crippen molar-refractivity contribution in [2.75, 3.05) is 19.8 Å². The van der Waals surface area contributed by atoms with Crippen LogP contribution in [0.2, 0.25) is 0 Å². The van der Waals surface area contributed by atoms with Gasteiger partial charge in [-0.05, 0) is 26.2 Å². The quantitative estimate of drug-likeness (QED) is 0.530. The first-order chi connectivity index (χ1) is 7.83. The maximum Gasteiger partial charge on any atom is 0.0623 e. The van der Waals surface area contributed by atoms with Gasteiger partial charge in [-0.15, -0.1) is 0 Å². The van der Waals surface area contributed by atoms with Crippen LogP contribution in [0.25, 0.3) is 0 Å². The molecular weight excluding hydrogens is 198 g/mol. The van der Waals surface area contributed by atoms with Crippen molar-refractivity contribution in [3.8, 4) is 0 Å². The zero-order valence-electron chi connectivity index (χ0n) is 10.9. The maximum absolute atomic E-state index is 5.45. The zero-order chi connectivity index (χ0) is 11.6. The van der Waals surface area contributed by atoms with Gasteiger partial charge in [0, 0.05) is 12.6 Å². The first kappa shape index (κ1) is 13.7. The van der Waals surface area contributed by atoms with Gasteiger partial charge in [0.2, 0.25) is 0 Å². The van der Waals surface area contributed by atoms with E-state index in [1.165, 1.54) is 37.7 Å². The molecule has 0 aromatic heterocycles. The second kappa shape index (κ2) is 8.77. The Balaban J connectivity index is 2.07. The van der Waals surface area contributed by atoms with Crippen molar-refractivity contribution in [1.29, 1.82) is 0 Å². The summed E-state index contributed by atoms with van der Waals surface area (Å²) < 4.78 is 5.45. The minimum atomic E-state index is 0.542. The van der Waals surface area contributed by atoms with E-state index in [1.54, 1.807) is 0 Å². The first-order valence-corrected chi connectivity index (χ1v) is 6.79. The highest BCUT2D eigenvalue weighted by atomic mass is 16.5. The van der Waals surface area contributed by atoms with E-state index in [4.69, 9.17) is 4.74 Å². The molecule has 94 valence electrons. The highest BCUT2D eigenvalue weighted by Crippen LogP contribution is 2.10. The summed E-state index contributed by atoms with van der Waals surface area (Å²) in [6.45, 7) is 7.26. The molecule has 16 heavy (non-hydrogen) atoms. The van der Waals surface area contributed by atoms with Crippen molar-refractivity contribution in [1.82, 2.24) is 5.32 Å². The number of ether oxygens (including phenoxy) is 1. The van der Waals surface area contributed by atoms with Crippen LogP contribution >= 0.6 is 0 Å². The molecule has 2 nitrogen and oxygen atoms in total. The molecule has 1 rings (SSSR count). The highest BCUT2D eigenvalue weighted by Gasteiger charge is 2.12. The molecule has 1 aliphatic rings. The number of hydrogen-bond acceptors (Lipinski definition) is 2. The molecule has 1 aliphatic heterocycles. The second-order valence-electron chi connectivity index (χ2n) is 4.83. The summed E-state index contributed by atoms with van der Waals surface area (Å²) in [5.41, 5.74) is 1.51. The van der Waals surface area contributed by atoms with Crippen molar-refractivity contribution in [2.24, 2.45) is 0 Å². The molecule has 1 saturated heterocycles. The van der Waals surface area contributed by atoms with Gasteiger partial charge in [0.05, 0.1) is 13.2 Å². The first-order valence-electron chi connectivity index (χ1n) is 6.79. The predicted molar refractivity (Wildman–Crippen MR) is 69.7 cm³/mol. The Morgan fingerprint density at radius 2 is 2.25 bits per heavy atom. The summed E-state index contributed by atoms with van der Waals surface area (Å²) in [6, 6.07) is 0.542. The Morgan fingerprint density at radius 3 is 2.94 bits per heavy atom. The molecular formula is C14H27NO. The summed E-state index contributed by atoms with van der Waals surface area (Å²) in [4.78, 5) is 0. The maximum atomic E-state index is 5.45. The molecule has 1 heterocycles. The Labute approximate surface area is 100 Å². The number of allylic oxidation sites excluding steroid dienone is 1. The number of morpholine rings is 1. The van der Waals surface area contributed by atoms with E-state index in [1.807, 2.05) is 0 Å². The van der Waals surface area contributed by atoms with Crippen LogP contribution in [0.15, 0.2) is 11.6 Å². The largest absolute Gasteiger partial charge is 0.379 e. The lowest BCUT2D eigenvalue weighted by atomic mass is 10.0. The van der Waals surface area contributed by atoms with E-state index in [0.29, 0.717) is 6.04 Å². The normalized spacial score (nSPS) is 22.4. The molecule has 0 aromatic carbocycles. The minimum absolute atomic E-state index is 0.542. The molecule has 0 saturated carbocycles. The van der Waals surface area contributed by atoms with Crippen LogP contribution in [0.5, 0.6) is 0 Å². The molecule has 1 fully saturated rings. The third kappa shape index (κ3) is 6.29. The predicted octanol–water partition coefficient (Wildman–Crippen LogP) is 3.28. The average Bonchev–Trinajstić information content (AvgIpc) is 2.30. The van der Waals surface area contributed by atoms with Gasteiger partial charge in [0.25, 0.3) is 0 Å². The number of hydrogen-bond donors (Lipinski definition) is 1. The van der Waals surface area contributed by atoms with E-state index in [2.05, 4.69) is 25.2 Å². The molecule has 0 aliphatic carbocycles. The van der Waals surface area contributed by atoms with Crippen LogP contribution in [0.4, 0.5) is 0 Å². The fourth-order valence-corrected chi connectivity index (χ4v) is 2.14.